The van der Waals surface area contributed by atoms with Crippen LogP contribution in [0, 0.1) is 13.8 Å². The Balaban J connectivity index is 1.53. The van der Waals surface area contributed by atoms with Gasteiger partial charge in [0.05, 0.1) is 11.6 Å². The third-order valence-electron chi connectivity index (χ3n) is 4.35. The molecule has 0 saturated carbocycles. The lowest BCUT2D eigenvalue weighted by molar-refractivity contribution is -0.124. The Morgan fingerprint density at radius 3 is 2.62 bits per heavy atom. The molecule has 6 heteroatoms. The first-order valence-electron chi connectivity index (χ1n) is 8.37. The second-order valence-electron chi connectivity index (χ2n) is 6.28. The van der Waals surface area contributed by atoms with Crippen molar-refractivity contribution in [2.75, 3.05) is 13.4 Å². The number of fused-ring (bicyclic) bond motifs is 1. The second kappa shape index (κ2) is 7.47. The van der Waals surface area contributed by atoms with Crippen molar-refractivity contribution in [1.29, 1.82) is 0 Å². The molecule has 26 heavy (non-hydrogen) atoms. The van der Waals surface area contributed by atoms with Gasteiger partial charge in [-0.1, -0.05) is 18.2 Å². The normalized spacial score (nSPS) is 13.2. The van der Waals surface area contributed by atoms with Crippen LogP contribution in [0.4, 0.5) is 0 Å². The molecule has 2 aromatic rings. The summed E-state index contributed by atoms with van der Waals surface area (Å²) in [5.41, 5.74) is 3.68. The highest BCUT2D eigenvalue weighted by Crippen LogP contribution is 2.32. The number of hydrogen-bond donors (Lipinski definition) is 1. The molecule has 0 aromatic heterocycles. The molecule has 1 amide bonds. The molecule has 1 atom stereocenters. The predicted octanol–water partition coefficient (Wildman–Crippen LogP) is 3.07. The Kier molecular flexibility index (Phi) is 5.11. The maximum absolute atomic E-state index is 12.1. The standard InChI is InChI=1S/C20H21NO5/c1-12-4-5-15(8-13(12)2)14(3)21-19(22)10-24-20(23)16-6-7-17-18(9-16)26-11-25-17/h4-9,14H,10-11H2,1-3H3,(H,21,22)/t14-/m1/s1. The van der Waals surface area contributed by atoms with Crippen molar-refractivity contribution >= 4 is 11.9 Å². The summed E-state index contributed by atoms with van der Waals surface area (Å²) < 4.78 is 15.5. The van der Waals surface area contributed by atoms with E-state index in [1.807, 2.05) is 39.0 Å². The lowest BCUT2D eigenvalue weighted by atomic mass is 10.0. The van der Waals surface area contributed by atoms with E-state index >= 15 is 0 Å². The predicted molar refractivity (Wildman–Crippen MR) is 95.3 cm³/mol. The lowest BCUT2D eigenvalue weighted by Crippen LogP contribution is -2.31. The number of carbonyl (C=O) groups excluding carboxylic acids is 2. The minimum Gasteiger partial charge on any atom is -0.454 e. The molecule has 0 fully saturated rings. The second-order valence-corrected chi connectivity index (χ2v) is 6.28. The summed E-state index contributed by atoms with van der Waals surface area (Å²) in [5.74, 6) is 0.135. The van der Waals surface area contributed by atoms with Crippen LogP contribution in [0.1, 0.15) is 40.0 Å². The highest BCUT2D eigenvalue weighted by molar-refractivity contribution is 5.92. The molecule has 0 radical (unpaired) electrons. The molecule has 0 aliphatic carbocycles. The van der Waals surface area contributed by atoms with E-state index in [4.69, 9.17) is 14.2 Å². The van der Waals surface area contributed by atoms with E-state index in [2.05, 4.69) is 5.32 Å². The van der Waals surface area contributed by atoms with E-state index in [0.29, 0.717) is 17.1 Å². The van der Waals surface area contributed by atoms with Gasteiger partial charge in [0, 0.05) is 0 Å². The van der Waals surface area contributed by atoms with E-state index < -0.39 is 5.97 Å². The molecular formula is C20H21NO5. The Morgan fingerprint density at radius 2 is 1.85 bits per heavy atom. The molecule has 1 heterocycles. The van der Waals surface area contributed by atoms with E-state index in [0.717, 1.165) is 11.1 Å². The number of hydrogen-bond acceptors (Lipinski definition) is 5. The molecule has 0 saturated heterocycles. The van der Waals surface area contributed by atoms with Gasteiger partial charge in [-0.3, -0.25) is 4.79 Å². The summed E-state index contributed by atoms with van der Waals surface area (Å²) in [4.78, 5) is 24.2. The monoisotopic (exact) mass is 355 g/mol. The zero-order valence-corrected chi connectivity index (χ0v) is 15.0. The van der Waals surface area contributed by atoms with Crippen molar-refractivity contribution in [3.8, 4) is 11.5 Å². The number of carbonyl (C=O) groups is 2. The first kappa shape index (κ1) is 17.8. The van der Waals surface area contributed by atoms with Gasteiger partial charge in [0.1, 0.15) is 0 Å². The van der Waals surface area contributed by atoms with Crippen molar-refractivity contribution in [3.63, 3.8) is 0 Å². The molecule has 136 valence electrons. The number of amides is 1. The van der Waals surface area contributed by atoms with Crippen LogP contribution in [0.2, 0.25) is 0 Å². The van der Waals surface area contributed by atoms with Crippen molar-refractivity contribution in [2.45, 2.75) is 26.8 Å². The van der Waals surface area contributed by atoms with Crippen LogP contribution < -0.4 is 14.8 Å². The van der Waals surface area contributed by atoms with E-state index in [1.165, 1.54) is 5.56 Å². The smallest absolute Gasteiger partial charge is 0.338 e. The third kappa shape index (κ3) is 3.96. The van der Waals surface area contributed by atoms with Crippen LogP contribution in [0.15, 0.2) is 36.4 Å². The van der Waals surface area contributed by atoms with Crippen LogP contribution in [-0.2, 0) is 9.53 Å². The number of benzene rings is 2. The van der Waals surface area contributed by atoms with E-state index in [1.54, 1.807) is 18.2 Å². The molecule has 1 aliphatic heterocycles. The van der Waals surface area contributed by atoms with Crippen LogP contribution in [-0.4, -0.2) is 25.3 Å². The fourth-order valence-electron chi connectivity index (χ4n) is 2.64. The van der Waals surface area contributed by atoms with Gasteiger partial charge >= 0.3 is 5.97 Å². The number of aryl methyl sites for hydroxylation is 2. The number of ether oxygens (including phenoxy) is 3. The fraction of sp³-hybridized carbons (Fsp3) is 0.300. The molecule has 0 spiro atoms. The van der Waals surface area contributed by atoms with Crippen LogP contribution in [0.3, 0.4) is 0 Å². The molecule has 1 N–H and O–H groups in total. The first-order chi connectivity index (χ1) is 12.4. The molecular weight excluding hydrogens is 334 g/mol. The van der Waals surface area contributed by atoms with Crippen LogP contribution >= 0.6 is 0 Å². The van der Waals surface area contributed by atoms with Gasteiger partial charge in [0.25, 0.3) is 5.91 Å². The molecule has 2 aromatic carbocycles. The third-order valence-corrected chi connectivity index (χ3v) is 4.35. The maximum atomic E-state index is 12.1. The van der Waals surface area contributed by atoms with Gasteiger partial charge in [0.2, 0.25) is 6.79 Å². The molecule has 0 bridgehead atoms. The zero-order valence-electron chi connectivity index (χ0n) is 15.0. The SMILES string of the molecule is Cc1ccc([C@@H](C)NC(=O)COC(=O)c2ccc3c(c2)OCO3)cc1C. The van der Waals surface area contributed by atoms with Gasteiger partial charge in [0.15, 0.2) is 18.1 Å². The average molecular weight is 355 g/mol. The fourth-order valence-corrected chi connectivity index (χ4v) is 2.64. The van der Waals surface area contributed by atoms with Crippen LogP contribution in [0.5, 0.6) is 11.5 Å². The van der Waals surface area contributed by atoms with Gasteiger partial charge in [-0.05, 0) is 55.7 Å². The quantitative estimate of drug-likeness (QED) is 0.835. The average Bonchev–Trinajstić information content (AvgIpc) is 3.09. The summed E-state index contributed by atoms with van der Waals surface area (Å²) in [6, 6.07) is 10.6. The van der Waals surface area contributed by atoms with Gasteiger partial charge in [-0.2, -0.15) is 0 Å². The lowest BCUT2D eigenvalue weighted by Gasteiger charge is -2.15. The van der Waals surface area contributed by atoms with Gasteiger partial charge in [-0.25, -0.2) is 4.79 Å². The highest BCUT2D eigenvalue weighted by Gasteiger charge is 2.18. The summed E-state index contributed by atoms with van der Waals surface area (Å²) in [5, 5.41) is 2.83. The first-order valence-corrected chi connectivity index (χ1v) is 8.37. The maximum Gasteiger partial charge on any atom is 0.338 e. The number of nitrogens with one attached hydrogen (secondary N) is 1. The Bertz CT molecular complexity index is 846. The van der Waals surface area contributed by atoms with Crippen molar-refractivity contribution in [1.82, 2.24) is 5.32 Å². The van der Waals surface area contributed by atoms with Crippen LogP contribution in [0.25, 0.3) is 0 Å². The topological polar surface area (TPSA) is 73.9 Å². The minimum absolute atomic E-state index is 0.132. The number of rotatable bonds is 5. The van der Waals surface area contributed by atoms with Gasteiger partial charge < -0.3 is 19.5 Å². The minimum atomic E-state index is -0.586. The Morgan fingerprint density at radius 1 is 1.08 bits per heavy atom. The summed E-state index contributed by atoms with van der Waals surface area (Å²) in [7, 11) is 0. The Labute approximate surface area is 152 Å². The largest absolute Gasteiger partial charge is 0.454 e. The molecule has 6 nitrogen and oxygen atoms in total. The van der Waals surface area contributed by atoms with Crippen molar-refractivity contribution in [2.24, 2.45) is 0 Å². The Hall–Kier alpha value is -3.02. The molecule has 0 unspecified atom stereocenters. The highest BCUT2D eigenvalue weighted by atomic mass is 16.7. The van der Waals surface area contributed by atoms with Crippen molar-refractivity contribution in [3.05, 3.63) is 58.7 Å². The zero-order chi connectivity index (χ0) is 18.7. The summed E-state index contributed by atoms with van der Waals surface area (Å²) >= 11 is 0. The van der Waals surface area contributed by atoms with Crippen molar-refractivity contribution < 1.29 is 23.8 Å². The summed E-state index contributed by atoms with van der Waals surface area (Å²) in [6.45, 7) is 5.75. The molecule has 1 aliphatic rings. The number of esters is 1. The van der Waals surface area contributed by atoms with Gasteiger partial charge in [-0.15, -0.1) is 0 Å². The van der Waals surface area contributed by atoms with E-state index in [9.17, 15) is 9.59 Å². The summed E-state index contributed by atoms with van der Waals surface area (Å²) in [6.07, 6.45) is 0. The van der Waals surface area contributed by atoms with E-state index in [-0.39, 0.29) is 25.3 Å². The molecule has 3 rings (SSSR count).